The minimum absolute atomic E-state index is 0.116. The third kappa shape index (κ3) is 3.91. The van der Waals surface area contributed by atoms with Crippen LogP contribution in [0.3, 0.4) is 0 Å². The van der Waals surface area contributed by atoms with Gasteiger partial charge in [-0.05, 0) is 25.2 Å². The van der Waals surface area contributed by atoms with Gasteiger partial charge in [0, 0.05) is 25.7 Å². The fourth-order valence-electron chi connectivity index (χ4n) is 2.15. The quantitative estimate of drug-likeness (QED) is 0.899. The molecule has 2 heterocycles. The van der Waals surface area contributed by atoms with Crippen molar-refractivity contribution in [2.24, 2.45) is 5.92 Å². The molecule has 0 bridgehead atoms. The molecule has 0 aliphatic carbocycles. The van der Waals surface area contributed by atoms with Crippen LogP contribution in [0.5, 0.6) is 0 Å². The van der Waals surface area contributed by atoms with E-state index in [1.165, 1.54) is 25.6 Å². The van der Waals surface area contributed by atoms with Gasteiger partial charge in [0.2, 0.25) is 0 Å². The third-order valence-electron chi connectivity index (χ3n) is 3.24. The minimum atomic E-state index is -0.116. The van der Waals surface area contributed by atoms with Gasteiger partial charge in [0.1, 0.15) is 17.8 Å². The van der Waals surface area contributed by atoms with Crippen LogP contribution in [-0.4, -0.2) is 35.5 Å². The van der Waals surface area contributed by atoms with Crippen LogP contribution in [0.25, 0.3) is 0 Å². The van der Waals surface area contributed by atoms with Gasteiger partial charge >= 0.3 is 0 Å². The molecule has 2 rings (SSSR count). The molecular formula is C14H22N4O. The van der Waals surface area contributed by atoms with Crippen molar-refractivity contribution in [2.45, 2.75) is 33.1 Å². The number of carbonyl (C=O) groups excluding carboxylic acids is 1. The molecule has 1 fully saturated rings. The second kappa shape index (κ2) is 6.50. The van der Waals surface area contributed by atoms with Crippen LogP contribution in [0, 0.1) is 5.92 Å². The van der Waals surface area contributed by atoms with E-state index in [1.54, 1.807) is 6.07 Å². The van der Waals surface area contributed by atoms with Crippen LogP contribution in [0.4, 0.5) is 5.82 Å². The van der Waals surface area contributed by atoms with Crippen LogP contribution in [0.2, 0.25) is 0 Å². The van der Waals surface area contributed by atoms with E-state index in [1.807, 2.05) is 0 Å². The zero-order chi connectivity index (χ0) is 13.7. The smallest absolute Gasteiger partial charge is 0.270 e. The number of nitrogens with zero attached hydrogens (tertiary/aromatic N) is 3. The Morgan fingerprint density at radius 3 is 2.74 bits per heavy atom. The number of piperidine rings is 1. The van der Waals surface area contributed by atoms with Crippen molar-refractivity contribution in [3.8, 4) is 0 Å². The summed E-state index contributed by atoms with van der Waals surface area (Å²) >= 11 is 0. The third-order valence-corrected chi connectivity index (χ3v) is 3.24. The average Bonchev–Trinajstić information content (AvgIpc) is 2.46. The average molecular weight is 262 g/mol. The zero-order valence-corrected chi connectivity index (χ0v) is 11.7. The molecule has 1 aliphatic rings. The topological polar surface area (TPSA) is 58.1 Å². The second-order valence-electron chi connectivity index (χ2n) is 5.41. The van der Waals surface area contributed by atoms with E-state index in [2.05, 4.69) is 34.0 Å². The summed E-state index contributed by atoms with van der Waals surface area (Å²) in [7, 11) is 0. The Morgan fingerprint density at radius 1 is 1.32 bits per heavy atom. The highest BCUT2D eigenvalue weighted by molar-refractivity contribution is 5.92. The summed E-state index contributed by atoms with van der Waals surface area (Å²) in [4.78, 5) is 22.5. The van der Waals surface area contributed by atoms with E-state index in [9.17, 15) is 4.79 Å². The number of nitrogens with one attached hydrogen (secondary N) is 1. The van der Waals surface area contributed by atoms with Gasteiger partial charge in [0.15, 0.2) is 0 Å². The molecule has 1 aliphatic heterocycles. The molecule has 0 radical (unpaired) electrons. The Balaban J connectivity index is 2.03. The van der Waals surface area contributed by atoms with Gasteiger partial charge in [-0.3, -0.25) is 4.79 Å². The molecule has 1 saturated heterocycles. The molecule has 0 aromatic carbocycles. The highest BCUT2D eigenvalue weighted by Gasteiger charge is 2.15. The van der Waals surface area contributed by atoms with E-state index in [4.69, 9.17) is 0 Å². The molecule has 104 valence electrons. The number of carbonyl (C=O) groups is 1. The monoisotopic (exact) mass is 262 g/mol. The Kier molecular flexibility index (Phi) is 4.71. The summed E-state index contributed by atoms with van der Waals surface area (Å²) in [6.45, 7) is 6.84. The lowest BCUT2D eigenvalue weighted by atomic mass is 10.1. The zero-order valence-electron chi connectivity index (χ0n) is 11.7. The first-order valence-corrected chi connectivity index (χ1v) is 7.02. The van der Waals surface area contributed by atoms with E-state index in [0.717, 1.165) is 18.9 Å². The summed E-state index contributed by atoms with van der Waals surface area (Å²) in [5.74, 6) is 1.19. The summed E-state index contributed by atoms with van der Waals surface area (Å²) in [6.07, 6.45) is 5.15. The highest BCUT2D eigenvalue weighted by Crippen LogP contribution is 2.17. The number of amides is 1. The largest absolute Gasteiger partial charge is 0.357 e. The van der Waals surface area contributed by atoms with Crippen molar-refractivity contribution >= 4 is 11.7 Å². The van der Waals surface area contributed by atoms with Gasteiger partial charge in [-0.2, -0.15) is 0 Å². The fraction of sp³-hybridized carbons (Fsp3) is 0.643. The molecule has 1 aromatic heterocycles. The minimum Gasteiger partial charge on any atom is -0.357 e. The molecule has 0 spiro atoms. The molecular weight excluding hydrogens is 240 g/mol. The van der Waals surface area contributed by atoms with Crippen LogP contribution >= 0.6 is 0 Å². The van der Waals surface area contributed by atoms with Crippen LogP contribution in [-0.2, 0) is 0 Å². The second-order valence-corrected chi connectivity index (χ2v) is 5.41. The van der Waals surface area contributed by atoms with E-state index >= 15 is 0 Å². The predicted octanol–water partition coefficient (Wildman–Crippen LogP) is 1.85. The molecule has 1 N–H and O–H groups in total. The first-order valence-electron chi connectivity index (χ1n) is 7.02. The molecule has 1 aromatic rings. The van der Waals surface area contributed by atoms with Crippen LogP contribution < -0.4 is 10.2 Å². The van der Waals surface area contributed by atoms with E-state index in [0.29, 0.717) is 18.2 Å². The summed E-state index contributed by atoms with van der Waals surface area (Å²) in [6, 6.07) is 1.79. The van der Waals surface area contributed by atoms with Crippen molar-refractivity contribution in [3.63, 3.8) is 0 Å². The standard InChI is InChI=1S/C14H22N4O/c1-11(2)9-15-14(19)12-8-13(17-10-16-12)18-6-4-3-5-7-18/h8,10-11H,3-7,9H2,1-2H3,(H,15,19). The molecule has 1 amide bonds. The van der Waals surface area contributed by atoms with Crippen molar-refractivity contribution < 1.29 is 4.79 Å². The lowest BCUT2D eigenvalue weighted by molar-refractivity contribution is 0.0944. The van der Waals surface area contributed by atoms with Gasteiger partial charge in [-0.15, -0.1) is 0 Å². The lowest BCUT2D eigenvalue weighted by Gasteiger charge is -2.27. The lowest BCUT2D eigenvalue weighted by Crippen LogP contribution is -2.31. The van der Waals surface area contributed by atoms with Crippen molar-refractivity contribution in [3.05, 3.63) is 18.1 Å². The number of rotatable bonds is 4. The molecule has 19 heavy (non-hydrogen) atoms. The predicted molar refractivity (Wildman–Crippen MR) is 75.3 cm³/mol. The maximum Gasteiger partial charge on any atom is 0.270 e. The van der Waals surface area contributed by atoms with Crippen LogP contribution in [0.1, 0.15) is 43.6 Å². The Morgan fingerprint density at radius 2 is 2.05 bits per heavy atom. The summed E-state index contributed by atoms with van der Waals surface area (Å²) < 4.78 is 0. The number of hydrogen-bond acceptors (Lipinski definition) is 4. The summed E-state index contributed by atoms with van der Waals surface area (Å²) in [5.41, 5.74) is 0.455. The van der Waals surface area contributed by atoms with Crippen molar-refractivity contribution in [1.82, 2.24) is 15.3 Å². The Labute approximate surface area is 114 Å². The van der Waals surface area contributed by atoms with E-state index in [-0.39, 0.29) is 5.91 Å². The number of anilines is 1. The van der Waals surface area contributed by atoms with Gasteiger partial charge < -0.3 is 10.2 Å². The van der Waals surface area contributed by atoms with Crippen molar-refractivity contribution in [2.75, 3.05) is 24.5 Å². The summed E-state index contributed by atoms with van der Waals surface area (Å²) in [5, 5.41) is 2.88. The molecule has 0 saturated carbocycles. The van der Waals surface area contributed by atoms with Gasteiger partial charge in [-0.1, -0.05) is 13.8 Å². The molecule has 5 nitrogen and oxygen atoms in total. The maximum atomic E-state index is 12.0. The van der Waals surface area contributed by atoms with Crippen molar-refractivity contribution in [1.29, 1.82) is 0 Å². The first-order chi connectivity index (χ1) is 9.16. The first kappa shape index (κ1) is 13.8. The van der Waals surface area contributed by atoms with Crippen LogP contribution in [0.15, 0.2) is 12.4 Å². The van der Waals surface area contributed by atoms with Gasteiger partial charge in [0.25, 0.3) is 5.91 Å². The Bertz CT molecular complexity index is 427. The molecule has 0 unspecified atom stereocenters. The van der Waals surface area contributed by atoms with Gasteiger partial charge in [0.05, 0.1) is 0 Å². The van der Waals surface area contributed by atoms with E-state index < -0.39 is 0 Å². The fourth-order valence-corrected chi connectivity index (χ4v) is 2.15. The molecule has 0 atom stereocenters. The SMILES string of the molecule is CC(C)CNC(=O)c1cc(N2CCCCC2)ncn1. The maximum absolute atomic E-state index is 12.0. The normalized spacial score (nSPS) is 15.6. The molecule has 5 heteroatoms. The number of aromatic nitrogens is 2. The highest BCUT2D eigenvalue weighted by atomic mass is 16.1. The van der Waals surface area contributed by atoms with Gasteiger partial charge in [-0.25, -0.2) is 9.97 Å². The number of hydrogen-bond donors (Lipinski definition) is 1. The Hall–Kier alpha value is -1.65.